The lowest BCUT2D eigenvalue weighted by Gasteiger charge is -2.44. The summed E-state index contributed by atoms with van der Waals surface area (Å²) in [4.78, 5) is 2.31. The Morgan fingerprint density at radius 3 is 2.03 bits per heavy atom. The molecule has 3 aromatic rings. The van der Waals surface area contributed by atoms with Gasteiger partial charge in [0.25, 0.3) is 0 Å². The zero-order chi connectivity index (χ0) is 22.7. The van der Waals surface area contributed by atoms with Crippen molar-refractivity contribution in [2.45, 2.75) is 11.8 Å². The molecule has 1 N–H and O–H groups in total. The Kier molecular flexibility index (Phi) is 7.11. The van der Waals surface area contributed by atoms with Crippen LogP contribution >= 0.6 is 23.2 Å². The number of hydrogen-bond donors (Lipinski definition) is 1. The van der Waals surface area contributed by atoms with E-state index < -0.39 is 9.84 Å². The van der Waals surface area contributed by atoms with Crippen molar-refractivity contribution in [2.24, 2.45) is 5.92 Å². The third-order valence-corrected chi connectivity index (χ3v) is 8.07. The summed E-state index contributed by atoms with van der Waals surface area (Å²) in [5, 5.41) is 4.44. The van der Waals surface area contributed by atoms with E-state index >= 15 is 0 Å². The quantitative estimate of drug-likeness (QED) is 0.443. The van der Waals surface area contributed by atoms with E-state index in [1.54, 1.807) is 0 Å². The minimum Gasteiger partial charge on any atom is -0.388 e. The number of likely N-dealkylation sites (tertiary alicyclic amines) is 1. The predicted octanol–water partition coefficient (Wildman–Crippen LogP) is 5.67. The largest absolute Gasteiger partial charge is 0.388 e. The molecule has 0 radical (unpaired) electrons. The van der Waals surface area contributed by atoms with Crippen LogP contribution in [0.3, 0.4) is 0 Å². The third kappa shape index (κ3) is 5.65. The summed E-state index contributed by atoms with van der Waals surface area (Å²) in [6.07, 6.45) is 0. The Balaban J connectivity index is 1.45. The van der Waals surface area contributed by atoms with Crippen LogP contribution in [0.2, 0.25) is 10.0 Å². The molecule has 4 rings (SSSR count). The van der Waals surface area contributed by atoms with Gasteiger partial charge >= 0.3 is 0 Å². The molecule has 4 nitrogen and oxygen atoms in total. The average molecular weight is 489 g/mol. The third-order valence-electron chi connectivity index (χ3n) is 5.81. The van der Waals surface area contributed by atoms with Gasteiger partial charge in [-0.15, -0.1) is 0 Å². The fourth-order valence-corrected chi connectivity index (χ4v) is 6.31. The molecule has 1 heterocycles. The Hall–Kier alpha value is -2.05. The number of halogens is 2. The standard InChI is InChI=1S/C25H26Cl2N2O2S/c1-28-24-4-2-3-18(13-24)16-32(30,31)17-19-14-29(15-19)25(20-5-9-22(26)10-6-20)21-7-11-23(27)12-8-21/h2-13,19,25,28H,14-17H2,1H3. The lowest BCUT2D eigenvalue weighted by molar-refractivity contribution is 0.0812. The van der Waals surface area contributed by atoms with Gasteiger partial charge in [-0.3, -0.25) is 4.90 Å². The van der Waals surface area contributed by atoms with Gasteiger partial charge in [0.2, 0.25) is 0 Å². The van der Waals surface area contributed by atoms with Crippen molar-refractivity contribution in [3.63, 3.8) is 0 Å². The number of hydrogen-bond acceptors (Lipinski definition) is 4. The van der Waals surface area contributed by atoms with Crippen LogP contribution in [0.15, 0.2) is 72.8 Å². The maximum atomic E-state index is 12.8. The van der Waals surface area contributed by atoms with Gasteiger partial charge < -0.3 is 5.32 Å². The molecule has 7 heteroatoms. The fraction of sp³-hybridized carbons (Fsp3) is 0.280. The molecule has 0 atom stereocenters. The van der Waals surface area contributed by atoms with Crippen LogP contribution < -0.4 is 5.32 Å². The summed E-state index contributed by atoms with van der Waals surface area (Å²) in [7, 11) is -1.37. The smallest absolute Gasteiger partial charge is 0.154 e. The molecule has 32 heavy (non-hydrogen) atoms. The number of sulfone groups is 1. The van der Waals surface area contributed by atoms with Gasteiger partial charge in [-0.1, -0.05) is 59.6 Å². The van der Waals surface area contributed by atoms with E-state index in [1.165, 1.54) is 0 Å². The van der Waals surface area contributed by atoms with Crippen molar-refractivity contribution in [3.05, 3.63) is 99.5 Å². The molecular weight excluding hydrogens is 463 g/mol. The first kappa shape index (κ1) is 23.1. The molecule has 1 saturated heterocycles. The number of nitrogens with zero attached hydrogens (tertiary/aromatic N) is 1. The van der Waals surface area contributed by atoms with Gasteiger partial charge in [0.05, 0.1) is 17.5 Å². The summed E-state index contributed by atoms with van der Waals surface area (Å²) >= 11 is 12.2. The van der Waals surface area contributed by atoms with Gasteiger partial charge in [-0.2, -0.15) is 0 Å². The maximum Gasteiger partial charge on any atom is 0.154 e. The first-order valence-electron chi connectivity index (χ1n) is 10.5. The van der Waals surface area contributed by atoms with Gasteiger partial charge in [-0.25, -0.2) is 8.42 Å². The molecule has 1 fully saturated rings. The first-order chi connectivity index (χ1) is 15.3. The summed E-state index contributed by atoms with van der Waals surface area (Å²) in [6.45, 7) is 1.46. The second kappa shape index (κ2) is 9.84. The summed E-state index contributed by atoms with van der Waals surface area (Å²) in [5.74, 6) is 0.382. The van der Waals surface area contributed by atoms with E-state index in [0.29, 0.717) is 10.0 Å². The number of rotatable bonds is 8. The summed E-state index contributed by atoms with van der Waals surface area (Å²) in [6, 6.07) is 23.3. The normalized spacial score (nSPS) is 15.0. The van der Waals surface area contributed by atoms with Crippen LogP contribution in [0.4, 0.5) is 5.69 Å². The van der Waals surface area contributed by atoms with Crippen molar-refractivity contribution in [3.8, 4) is 0 Å². The highest BCUT2D eigenvalue weighted by Crippen LogP contribution is 2.36. The van der Waals surface area contributed by atoms with Crippen molar-refractivity contribution in [1.29, 1.82) is 0 Å². The molecule has 3 aromatic carbocycles. The van der Waals surface area contributed by atoms with Crippen molar-refractivity contribution in [2.75, 3.05) is 31.2 Å². The highest BCUT2D eigenvalue weighted by Gasteiger charge is 2.36. The molecule has 0 aromatic heterocycles. The second-order valence-electron chi connectivity index (χ2n) is 8.33. The Labute approximate surface area is 200 Å². The molecule has 0 aliphatic carbocycles. The molecule has 168 valence electrons. The average Bonchev–Trinajstić information content (AvgIpc) is 2.74. The minimum absolute atomic E-state index is 0.0378. The van der Waals surface area contributed by atoms with E-state index in [9.17, 15) is 8.42 Å². The SMILES string of the molecule is CNc1cccc(CS(=O)(=O)CC2CN(C(c3ccc(Cl)cc3)c3ccc(Cl)cc3)C2)c1. The molecule has 1 aliphatic heterocycles. The Morgan fingerprint density at radius 2 is 1.50 bits per heavy atom. The van der Waals surface area contributed by atoms with Crippen LogP contribution in [0.5, 0.6) is 0 Å². The first-order valence-corrected chi connectivity index (χ1v) is 13.1. The van der Waals surface area contributed by atoms with E-state index in [4.69, 9.17) is 23.2 Å². The molecular formula is C25H26Cl2N2O2S. The number of anilines is 1. The monoisotopic (exact) mass is 488 g/mol. The Bertz CT molecular complexity index is 1110. The van der Waals surface area contributed by atoms with Crippen LogP contribution in [0.25, 0.3) is 0 Å². The molecule has 0 spiro atoms. The number of nitrogens with one attached hydrogen (secondary N) is 1. The fourth-order valence-electron chi connectivity index (χ4n) is 4.32. The molecule has 0 amide bonds. The van der Waals surface area contributed by atoms with E-state index in [0.717, 1.165) is 35.5 Å². The van der Waals surface area contributed by atoms with Crippen LogP contribution in [-0.4, -0.2) is 39.2 Å². The maximum absolute atomic E-state index is 12.8. The summed E-state index contributed by atoms with van der Waals surface area (Å²) in [5.41, 5.74) is 3.98. The topological polar surface area (TPSA) is 49.4 Å². The lowest BCUT2D eigenvalue weighted by Crippen LogP contribution is -2.51. The number of benzene rings is 3. The molecule has 0 bridgehead atoms. The zero-order valence-electron chi connectivity index (χ0n) is 17.8. The van der Waals surface area contributed by atoms with Crippen molar-refractivity contribution >= 4 is 38.7 Å². The van der Waals surface area contributed by atoms with E-state index in [-0.39, 0.29) is 23.5 Å². The van der Waals surface area contributed by atoms with Gasteiger partial charge in [0.1, 0.15) is 0 Å². The molecule has 1 aliphatic rings. The van der Waals surface area contributed by atoms with Gasteiger partial charge in [0, 0.05) is 35.9 Å². The molecule has 0 saturated carbocycles. The van der Waals surface area contributed by atoms with Crippen molar-refractivity contribution in [1.82, 2.24) is 4.90 Å². The van der Waals surface area contributed by atoms with Crippen LogP contribution in [0, 0.1) is 5.92 Å². The second-order valence-corrected chi connectivity index (χ2v) is 11.3. The van der Waals surface area contributed by atoms with E-state index in [2.05, 4.69) is 10.2 Å². The summed E-state index contributed by atoms with van der Waals surface area (Å²) < 4.78 is 25.7. The van der Waals surface area contributed by atoms with E-state index in [1.807, 2.05) is 79.8 Å². The van der Waals surface area contributed by atoms with Gasteiger partial charge in [0.15, 0.2) is 9.84 Å². The highest BCUT2D eigenvalue weighted by molar-refractivity contribution is 7.90. The van der Waals surface area contributed by atoms with Crippen molar-refractivity contribution < 1.29 is 8.42 Å². The highest BCUT2D eigenvalue weighted by atomic mass is 35.5. The predicted molar refractivity (Wildman–Crippen MR) is 133 cm³/mol. The van der Waals surface area contributed by atoms with Gasteiger partial charge in [-0.05, 0) is 59.0 Å². The zero-order valence-corrected chi connectivity index (χ0v) is 20.2. The molecule has 0 unspecified atom stereocenters. The minimum atomic E-state index is -3.20. The lowest BCUT2D eigenvalue weighted by atomic mass is 9.91. The van der Waals surface area contributed by atoms with Crippen LogP contribution in [-0.2, 0) is 15.6 Å². The Morgan fingerprint density at radius 1 is 0.938 bits per heavy atom. The van der Waals surface area contributed by atoms with Crippen LogP contribution in [0.1, 0.15) is 22.7 Å².